The van der Waals surface area contributed by atoms with Gasteiger partial charge in [0.2, 0.25) is 11.8 Å². The van der Waals surface area contributed by atoms with E-state index in [0.29, 0.717) is 29.6 Å². The van der Waals surface area contributed by atoms with Gasteiger partial charge in [-0.2, -0.15) is 0 Å². The SMILES string of the molecule is O=C1CCC(c2ccc(N3CCC(CNC4CCC(NC(=O)OCc5ccccc5)CC4)CC3)c(F)c2)C(=O)N1. The van der Waals surface area contributed by atoms with E-state index in [1.54, 1.807) is 6.07 Å². The Morgan fingerprint density at radius 2 is 1.68 bits per heavy atom. The number of carbonyl (C=O) groups excluding carboxylic acids is 3. The normalized spacial score (nSPS) is 23.9. The maximum absolute atomic E-state index is 15.0. The lowest BCUT2D eigenvalue weighted by Crippen LogP contribution is -2.44. The lowest BCUT2D eigenvalue weighted by molar-refractivity contribution is -0.134. The molecule has 1 unspecified atom stereocenters. The minimum atomic E-state index is -0.475. The topological polar surface area (TPSA) is 99.8 Å². The number of ether oxygens (including phenoxy) is 1. The van der Waals surface area contributed by atoms with Gasteiger partial charge in [-0.3, -0.25) is 14.9 Å². The number of hydrogen-bond acceptors (Lipinski definition) is 6. The second kappa shape index (κ2) is 13.3. The number of alkyl carbamates (subject to hydrolysis) is 1. The lowest BCUT2D eigenvalue weighted by atomic mass is 9.89. The van der Waals surface area contributed by atoms with E-state index < -0.39 is 5.92 Å². The standard InChI is InChI=1S/C31H39FN4O4/c32-27-18-23(26-11-13-29(37)35-30(26)38)6-12-28(27)36-16-14-21(15-17-36)19-33-24-7-9-25(10-8-24)34-31(39)40-20-22-4-2-1-3-5-22/h1-6,12,18,21,24-26,33H,7-11,13-17,19-20H2,(H,34,39)(H,35,37,38). The number of halogens is 1. The molecular formula is C31H39FN4O4. The van der Waals surface area contributed by atoms with Crippen molar-refractivity contribution in [2.75, 3.05) is 24.5 Å². The van der Waals surface area contributed by atoms with Crippen molar-refractivity contribution in [1.29, 1.82) is 0 Å². The second-order valence-corrected chi connectivity index (χ2v) is 11.3. The Kier molecular flexibility index (Phi) is 9.31. The largest absolute Gasteiger partial charge is 0.445 e. The summed E-state index contributed by atoms with van der Waals surface area (Å²) in [5, 5.41) is 9.08. The number of hydrogen-bond donors (Lipinski definition) is 3. The van der Waals surface area contributed by atoms with E-state index in [1.807, 2.05) is 36.4 Å². The maximum atomic E-state index is 15.0. The van der Waals surface area contributed by atoms with Crippen molar-refractivity contribution in [3.63, 3.8) is 0 Å². The van der Waals surface area contributed by atoms with Crippen molar-refractivity contribution in [3.05, 3.63) is 65.5 Å². The van der Waals surface area contributed by atoms with Gasteiger partial charge in [-0.25, -0.2) is 9.18 Å². The number of anilines is 1. The fourth-order valence-electron chi connectivity index (χ4n) is 6.09. The van der Waals surface area contributed by atoms with Gasteiger partial charge >= 0.3 is 6.09 Å². The van der Waals surface area contributed by atoms with Gasteiger partial charge in [-0.05, 0) is 80.7 Å². The monoisotopic (exact) mass is 550 g/mol. The van der Waals surface area contributed by atoms with Crippen molar-refractivity contribution in [2.45, 2.75) is 76.0 Å². The summed E-state index contributed by atoms with van der Waals surface area (Å²) in [4.78, 5) is 37.8. The van der Waals surface area contributed by atoms with Gasteiger partial charge in [0.15, 0.2) is 0 Å². The summed E-state index contributed by atoms with van der Waals surface area (Å²) in [5.41, 5.74) is 2.18. The molecule has 0 bridgehead atoms. The lowest BCUT2D eigenvalue weighted by Gasteiger charge is -2.36. The minimum absolute atomic E-state index is 0.154. The molecule has 40 heavy (non-hydrogen) atoms. The molecule has 2 heterocycles. The molecular weight excluding hydrogens is 511 g/mol. The van der Waals surface area contributed by atoms with Crippen LogP contribution in [-0.4, -0.2) is 49.6 Å². The first-order valence-electron chi connectivity index (χ1n) is 14.5. The van der Waals surface area contributed by atoms with E-state index in [2.05, 4.69) is 20.9 Å². The van der Waals surface area contributed by atoms with Crippen LogP contribution >= 0.6 is 0 Å². The summed E-state index contributed by atoms with van der Waals surface area (Å²) in [6.07, 6.45) is 6.24. The molecule has 2 saturated heterocycles. The van der Waals surface area contributed by atoms with Crippen LogP contribution in [0.15, 0.2) is 48.5 Å². The van der Waals surface area contributed by atoms with Gasteiger partial charge in [0.05, 0.1) is 11.6 Å². The third-order valence-electron chi connectivity index (χ3n) is 8.53. The predicted molar refractivity (Wildman–Crippen MR) is 150 cm³/mol. The van der Waals surface area contributed by atoms with Gasteiger partial charge < -0.3 is 20.3 Å². The molecule has 3 N–H and O–H groups in total. The molecule has 1 saturated carbocycles. The van der Waals surface area contributed by atoms with Gasteiger partial charge in [0.25, 0.3) is 0 Å². The molecule has 2 aliphatic heterocycles. The van der Waals surface area contributed by atoms with Gasteiger partial charge in [0, 0.05) is 31.6 Å². The van der Waals surface area contributed by atoms with Crippen LogP contribution in [0.5, 0.6) is 0 Å². The number of benzene rings is 2. The van der Waals surface area contributed by atoms with Crippen LogP contribution in [0.1, 0.15) is 68.4 Å². The van der Waals surface area contributed by atoms with E-state index in [1.165, 1.54) is 6.07 Å². The van der Waals surface area contributed by atoms with Crippen molar-refractivity contribution in [1.82, 2.24) is 16.0 Å². The minimum Gasteiger partial charge on any atom is -0.445 e. The summed E-state index contributed by atoms with van der Waals surface area (Å²) in [5.74, 6) is -0.851. The van der Waals surface area contributed by atoms with Gasteiger partial charge in [-0.15, -0.1) is 0 Å². The first-order valence-corrected chi connectivity index (χ1v) is 14.5. The molecule has 2 aromatic carbocycles. The first kappa shape index (κ1) is 28.1. The highest BCUT2D eigenvalue weighted by atomic mass is 19.1. The molecule has 0 radical (unpaired) electrons. The van der Waals surface area contributed by atoms with Crippen LogP contribution in [0, 0.1) is 11.7 Å². The van der Waals surface area contributed by atoms with Crippen LogP contribution < -0.4 is 20.9 Å². The van der Waals surface area contributed by atoms with Gasteiger partial charge in [0.1, 0.15) is 12.4 Å². The van der Waals surface area contributed by atoms with E-state index in [9.17, 15) is 14.4 Å². The van der Waals surface area contributed by atoms with Crippen molar-refractivity contribution < 1.29 is 23.5 Å². The highest BCUT2D eigenvalue weighted by Crippen LogP contribution is 2.31. The van der Waals surface area contributed by atoms with Gasteiger partial charge in [-0.1, -0.05) is 36.4 Å². The fourth-order valence-corrected chi connectivity index (χ4v) is 6.09. The molecule has 214 valence electrons. The molecule has 3 amide bonds. The third kappa shape index (κ3) is 7.38. The first-order chi connectivity index (χ1) is 19.4. The van der Waals surface area contributed by atoms with E-state index >= 15 is 4.39 Å². The van der Waals surface area contributed by atoms with Crippen LogP contribution in [-0.2, 0) is 20.9 Å². The number of nitrogens with zero attached hydrogens (tertiary/aromatic N) is 1. The van der Waals surface area contributed by atoms with Crippen LogP contribution in [0.25, 0.3) is 0 Å². The van der Waals surface area contributed by atoms with E-state index in [4.69, 9.17) is 4.74 Å². The summed E-state index contributed by atoms with van der Waals surface area (Å²) in [7, 11) is 0. The van der Waals surface area contributed by atoms with Crippen molar-refractivity contribution in [3.8, 4) is 0 Å². The summed E-state index contributed by atoms with van der Waals surface area (Å²) >= 11 is 0. The summed E-state index contributed by atoms with van der Waals surface area (Å²) in [6.45, 7) is 2.82. The Labute approximate surface area is 235 Å². The highest BCUT2D eigenvalue weighted by Gasteiger charge is 2.30. The zero-order chi connectivity index (χ0) is 27.9. The quantitative estimate of drug-likeness (QED) is 0.422. The Morgan fingerprint density at radius 3 is 2.38 bits per heavy atom. The molecule has 0 aromatic heterocycles. The zero-order valence-electron chi connectivity index (χ0n) is 22.9. The average Bonchev–Trinajstić information content (AvgIpc) is 2.97. The molecule has 1 aliphatic carbocycles. The van der Waals surface area contributed by atoms with E-state index in [-0.39, 0.29) is 42.8 Å². The van der Waals surface area contributed by atoms with E-state index in [0.717, 1.165) is 63.7 Å². The molecule has 3 aliphatic rings. The second-order valence-electron chi connectivity index (χ2n) is 11.3. The third-order valence-corrected chi connectivity index (χ3v) is 8.53. The van der Waals surface area contributed by atoms with Crippen LogP contribution in [0.2, 0.25) is 0 Å². The number of imide groups is 1. The summed E-state index contributed by atoms with van der Waals surface area (Å²) in [6, 6.07) is 15.3. The fraction of sp³-hybridized carbons (Fsp3) is 0.516. The Morgan fingerprint density at radius 1 is 0.950 bits per heavy atom. The zero-order valence-corrected chi connectivity index (χ0v) is 22.9. The molecule has 2 aromatic rings. The van der Waals surface area contributed by atoms with Crippen LogP contribution in [0.3, 0.4) is 0 Å². The Bertz CT molecular complexity index is 1180. The number of piperidine rings is 2. The molecule has 9 heteroatoms. The Balaban J connectivity index is 0.992. The highest BCUT2D eigenvalue weighted by molar-refractivity contribution is 6.00. The van der Waals surface area contributed by atoms with Crippen molar-refractivity contribution in [2.24, 2.45) is 5.92 Å². The molecule has 0 spiro atoms. The molecule has 5 rings (SSSR count). The smallest absolute Gasteiger partial charge is 0.407 e. The molecule has 1 atom stereocenters. The predicted octanol–water partition coefficient (Wildman–Crippen LogP) is 4.39. The number of nitrogens with one attached hydrogen (secondary N) is 3. The molecule has 3 fully saturated rings. The Hall–Kier alpha value is -3.46. The van der Waals surface area contributed by atoms with Crippen molar-refractivity contribution >= 4 is 23.6 Å². The van der Waals surface area contributed by atoms with Crippen LogP contribution in [0.4, 0.5) is 14.9 Å². The number of carbonyl (C=O) groups is 3. The average molecular weight is 551 g/mol. The number of amides is 3. The number of rotatable bonds is 8. The summed E-state index contributed by atoms with van der Waals surface area (Å²) < 4.78 is 20.4. The maximum Gasteiger partial charge on any atom is 0.407 e. The molecule has 8 nitrogen and oxygen atoms in total.